The van der Waals surface area contributed by atoms with Crippen molar-refractivity contribution in [1.82, 2.24) is 0 Å². The van der Waals surface area contributed by atoms with Gasteiger partial charge in [0.15, 0.2) is 0 Å². The van der Waals surface area contributed by atoms with E-state index in [4.69, 9.17) is 12.3 Å². The van der Waals surface area contributed by atoms with Gasteiger partial charge in [-0.2, -0.15) is 0 Å². The highest BCUT2D eigenvalue weighted by atomic mass is 28.5. The molecule has 0 aromatic rings. The summed E-state index contributed by atoms with van der Waals surface area (Å²) in [6.07, 6.45) is 15.9. The number of hydrogen-bond acceptors (Lipinski definition) is 3. The van der Waals surface area contributed by atoms with E-state index in [-0.39, 0.29) is 0 Å². The third-order valence-electron chi connectivity index (χ3n) is 5.04. The van der Waals surface area contributed by atoms with Crippen molar-refractivity contribution < 1.29 is 12.3 Å². The molecule has 0 radical (unpaired) electrons. The van der Waals surface area contributed by atoms with E-state index in [0.29, 0.717) is 0 Å². The van der Waals surface area contributed by atoms with Gasteiger partial charge in [0.05, 0.1) is 0 Å². The molecule has 0 bridgehead atoms. The summed E-state index contributed by atoms with van der Waals surface area (Å²) in [5.41, 5.74) is 0. The fraction of sp³-hybridized carbons (Fsp3) is 1.00. The van der Waals surface area contributed by atoms with Crippen LogP contribution >= 0.6 is 0 Å². The van der Waals surface area contributed by atoms with Crippen molar-refractivity contribution in [1.29, 1.82) is 0 Å². The van der Waals surface area contributed by atoms with Gasteiger partial charge in [0.2, 0.25) is 0 Å². The Kier molecular flexibility index (Phi) is 13.8. The Morgan fingerprint density at radius 2 is 1.25 bits per heavy atom. The van der Waals surface area contributed by atoms with Gasteiger partial charge in [-0.25, -0.2) is 0 Å². The van der Waals surface area contributed by atoms with Crippen LogP contribution in [-0.2, 0) is 12.3 Å². The van der Waals surface area contributed by atoms with Gasteiger partial charge in [-0.05, 0) is 18.1 Å². The summed E-state index contributed by atoms with van der Waals surface area (Å²) >= 11 is 0. The van der Waals surface area contributed by atoms with Crippen LogP contribution in [0.4, 0.5) is 0 Å². The van der Waals surface area contributed by atoms with Gasteiger partial charge in [0.1, 0.15) is 0 Å². The summed E-state index contributed by atoms with van der Waals surface area (Å²) in [5, 5.41) is 0. The molecular weight excluding hydrogens is 348 g/mol. The first-order valence-electron chi connectivity index (χ1n) is 10.7. The Balaban J connectivity index is 2.44. The second-order valence-electron chi connectivity index (χ2n) is 7.36. The summed E-state index contributed by atoms with van der Waals surface area (Å²) in [6.45, 7) is 6.84. The zero-order valence-corrected chi connectivity index (χ0v) is 20.2. The second kappa shape index (κ2) is 14.7. The van der Waals surface area contributed by atoms with Gasteiger partial charge in [-0.15, -0.1) is 0 Å². The predicted octanol–water partition coefficient (Wildman–Crippen LogP) is 5.45. The molecule has 0 saturated carbocycles. The summed E-state index contributed by atoms with van der Waals surface area (Å²) in [7, 11) is -4.09. The lowest BCUT2D eigenvalue weighted by atomic mass is 10.2. The van der Waals surface area contributed by atoms with Gasteiger partial charge >= 0.3 is 17.8 Å². The normalized spacial score (nSPS) is 21.4. The smallest absolute Gasteiger partial charge is 0.320 e. The maximum absolute atomic E-state index is 6.68. The van der Waals surface area contributed by atoms with Crippen LogP contribution in [0.1, 0.15) is 97.8 Å². The van der Waals surface area contributed by atoms with Crippen LogP contribution in [0.25, 0.3) is 0 Å². The zero-order valence-electron chi connectivity index (χ0n) is 16.6. The maximum atomic E-state index is 6.68. The fourth-order valence-electron chi connectivity index (χ4n) is 3.43. The lowest BCUT2D eigenvalue weighted by Crippen LogP contribution is -2.53. The highest BCUT2D eigenvalue weighted by Gasteiger charge is 2.42. The first-order chi connectivity index (χ1) is 11.8. The van der Waals surface area contributed by atoms with Gasteiger partial charge in [0.25, 0.3) is 10.0 Å². The van der Waals surface area contributed by atoms with Crippen molar-refractivity contribution in [3.63, 3.8) is 0 Å². The molecule has 0 aromatic carbocycles. The van der Waals surface area contributed by atoms with Crippen molar-refractivity contribution in [2.75, 3.05) is 0 Å². The molecular formula is C18H42O3Si3. The molecule has 1 atom stereocenters. The Morgan fingerprint density at radius 1 is 0.708 bits per heavy atom. The van der Waals surface area contributed by atoms with Crippen molar-refractivity contribution >= 4 is 27.9 Å². The second-order valence-corrected chi connectivity index (χ2v) is 15.3. The SMILES string of the molecule is CCCCCC[SiH]1O[SiH2]O[Si](CCCCCC)(CCCCCC)O1. The molecule has 1 aliphatic rings. The highest BCUT2D eigenvalue weighted by molar-refractivity contribution is 6.80. The molecule has 1 unspecified atom stereocenters. The zero-order chi connectivity index (χ0) is 17.5. The van der Waals surface area contributed by atoms with E-state index in [1.54, 1.807) is 0 Å². The van der Waals surface area contributed by atoms with E-state index in [0.717, 1.165) is 0 Å². The minimum atomic E-state index is -1.92. The molecule has 0 spiro atoms. The van der Waals surface area contributed by atoms with Crippen molar-refractivity contribution in [2.45, 2.75) is 116 Å². The van der Waals surface area contributed by atoms with E-state index in [1.165, 1.54) is 95.2 Å². The van der Waals surface area contributed by atoms with E-state index >= 15 is 0 Å². The first kappa shape index (κ1) is 22.6. The van der Waals surface area contributed by atoms with E-state index < -0.39 is 27.9 Å². The summed E-state index contributed by atoms with van der Waals surface area (Å²) in [5.74, 6) is 0. The molecule has 3 nitrogen and oxygen atoms in total. The average molecular weight is 391 g/mol. The minimum Gasteiger partial charge on any atom is -0.422 e. The van der Waals surface area contributed by atoms with Gasteiger partial charge in [0, 0.05) is 0 Å². The Labute approximate surface area is 156 Å². The Hall–Kier alpha value is 0.531. The molecule has 144 valence electrons. The van der Waals surface area contributed by atoms with Crippen LogP contribution in [0.2, 0.25) is 18.1 Å². The summed E-state index contributed by atoms with van der Waals surface area (Å²) in [6, 6.07) is 3.68. The average Bonchev–Trinajstić information content (AvgIpc) is 2.60. The molecule has 1 fully saturated rings. The van der Waals surface area contributed by atoms with Crippen LogP contribution in [-0.4, -0.2) is 27.9 Å². The Bertz CT molecular complexity index is 281. The fourth-order valence-corrected chi connectivity index (χ4v) is 15.2. The lowest BCUT2D eigenvalue weighted by Gasteiger charge is -2.39. The first-order valence-corrected chi connectivity index (χ1v) is 15.8. The lowest BCUT2D eigenvalue weighted by molar-refractivity contribution is 0.267. The molecule has 0 aromatic heterocycles. The van der Waals surface area contributed by atoms with Gasteiger partial charge in [-0.1, -0.05) is 97.8 Å². The summed E-state index contributed by atoms with van der Waals surface area (Å²) < 4.78 is 19.1. The number of unbranched alkanes of at least 4 members (excludes halogenated alkanes) is 9. The molecule has 1 heterocycles. The van der Waals surface area contributed by atoms with Crippen molar-refractivity contribution in [3.8, 4) is 0 Å². The molecule has 6 heteroatoms. The standard InChI is InChI=1S/C18H42O3Si3/c1-4-7-10-13-16-23-19-22-20-24(21-23,17-14-11-8-5-2)18-15-12-9-6-3/h23H,4-18,22H2,1-3H3. The van der Waals surface area contributed by atoms with Gasteiger partial charge in [-0.3, -0.25) is 0 Å². The molecule has 1 saturated heterocycles. The van der Waals surface area contributed by atoms with E-state index in [1.807, 2.05) is 0 Å². The predicted molar refractivity (Wildman–Crippen MR) is 112 cm³/mol. The minimum absolute atomic E-state index is 0.763. The largest absolute Gasteiger partial charge is 0.422 e. The quantitative estimate of drug-likeness (QED) is 0.275. The molecule has 1 rings (SSSR count). The van der Waals surface area contributed by atoms with Crippen LogP contribution in [0.5, 0.6) is 0 Å². The topological polar surface area (TPSA) is 27.7 Å². The van der Waals surface area contributed by atoms with Gasteiger partial charge < -0.3 is 12.3 Å². The maximum Gasteiger partial charge on any atom is 0.320 e. The van der Waals surface area contributed by atoms with E-state index in [2.05, 4.69) is 20.8 Å². The number of rotatable bonds is 15. The number of hydrogen-bond donors (Lipinski definition) is 0. The monoisotopic (exact) mass is 390 g/mol. The van der Waals surface area contributed by atoms with Crippen molar-refractivity contribution in [3.05, 3.63) is 0 Å². The molecule has 0 N–H and O–H groups in total. The van der Waals surface area contributed by atoms with Crippen LogP contribution in [0, 0.1) is 0 Å². The molecule has 24 heavy (non-hydrogen) atoms. The molecule has 0 amide bonds. The van der Waals surface area contributed by atoms with Crippen LogP contribution < -0.4 is 0 Å². The Morgan fingerprint density at radius 3 is 1.79 bits per heavy atom. The van der Waals surface area contributed by atoms with Crippen LogP contribution in [0.15, 0.2) is 0 Å². The third-order valence-corrected chi connectivity index (χ3v) is 15.5. The van der Waals surface area contributed by atoms with E-state index in [9.17, 15) is 0 Å². The third kappa shape index (κ3) is 9.87. The summed E-state index contributed by atoms with van der Waals surface area (Å²) in [4.78, 5) is 0. The molecule has 1 aliphatic heterocycles. The molecule has 0 aliphatic carbocycles. The van der Waals surface area contributed by atoms with Crippen LogP contribution in [0.3, 0.4) is 0 Å². The van der Waals surface area contributed by atoms with Crippen molar-refractivity contribution in [2.24, 2.45) is 0 Å². The highest BCUT2D eigenvalue weighted by Crippen LogP contribution is 2.30.